The van der Waals surface area contributed by atoms with E-state index in [1.807, 2.05) is 0 Å². The fourth-order valence-electron chi connectivity index (χ4n) is 4.35. The second-order valence-corrected chi connectivity index (χ2v) is 7.52. The molecule has 1 atom stereocenters. The average Bonchev–Trinajstić information content (AvgIpc) is 2.74. The molecule has 160 valence electrons. The van der Waals surface area contributed by atoms with E-state index in [-0.39, 0.29) is 29.5 Å². The van der Waals surface area contributed by atoms with E-state index in [1.54, 1.807) is 25.1 Å². The average molecular weight is 424 g/mol. The van der Waals surface area contributed by atoms with Crippen LogP contribution in [0, 0.1) is 15.9 Å². The number of nitro benzene ring substituents is 1. The fourth-order valence-corrected chi connectivity index (χ4v) is 4.35. The Morgan fingerprint density at radius 3 is 2.58 bits per heavy atom. The number of hydrogen-bond acceptors (Lipinski definition) is 5. The SMILES string of the molecule is CCOc1ccc(N2C(=O)CC(c3ccc(F)cc3)C3=C2CCCC3=O)c([N+](=O)[O-])c1. The van der Waals surface area contributed by atoms with E-state index in [4.69, 9.17) is 4.74 Å². The highest BCUT2D eigenvalue weighted by atomic mass is 19.1. The fraction of sp³-hybridized carbons (Fsp3) is 0.304. The summed E-state index contributed by atoms with van der Waals surface area (Å²) < 4.78 is 18.8. The van der Waals surface area contributed by atoms with Crippen LogP contribution < -0.4 is 9.64 Å². The number of rotatable bonds is 5. The Kier molecular flexibility index (Phi) is 5.54. The number of carbonyl (C=O) groups is 2. The molecule has 0 radical (unpaired) electrons. The maximum Gasteiger partial charge on any atom is 0.297 e. The molecular weight excluding hydrogens is 403 g/mol. The Hall–Kier alpha value is -3.55. The Bertz CT molecular complexity index is 1090. The maximum absolute atomic E-state index is 13.4. The third kappa shape index (κ3) is 3.81. The molecule has 0 N–H and O–H groups in total. The number of ketones is 1. The summed E-state index contributed by atoms with van der Waals surface area (Å²) in [5.74, 6) is -0.979. The minimum Gasteiger partial charge on any atom is -0.494 e. The highest BCUT2D eigenvalue weighted by molar-refractivity contribution is 6.08. The van der Waals surface area contributed by atoms with Gasteiger partial charge in [0.1, 0.15) is 17.3 Å². The summed E-state index contributed by atoms with van der Waals surface area (Å²) in [5, 5.41) is 11.8. The molecule has 31 heavy (non-hydrogen) atoms. The van der Waals surface area contributed by atoms with Gasteiger partial charge in [0.05, 0.1) is 17.6 Å². The first-order valence-corrected chi connectivity index (χ1v) is 10.2. The number of anilines is 1. The van der Waals surface area contributed by atoms with Gasteiger partial charge in [-0.1, -0.05) is 12.1 Å². The third-order valence-corrected chi connectivity index (χ3v) is 5.64. The zero-order valence-corrected chi connectivity index (χ0v) is 17.0. The number of nitro groups is 1. The highest BCUT2D eigenvalue weighted by Crippen LogP contribution is 2.45. The van der Waals surface area contributed by atoms with Crippen LogP contribution in [0.2, 0.25) is 0 Å². The van der Waals surface area contributed by atoms with Crippen LogP contribution in [0.15, 0.2) is 53.7 Å². The van der Waals surface area contributed by atoms with Gasteiger partial charge < -0.3 is 4.74 Å². The van der Waals surface area contributed by atoms with Crippen molar-refractivity contribution >= 4 is 23.1 Å². The van der Waals surface area contributed by atoms with Crippen LogP contribution in [-0.4, -0.2) is 23.2 Å². The van der Waals surface area contributed by atoms with E-state index in [0.29, 0.717) is 48.5 Å². The van der Waals surface area contributed by atoms with Gasteiger partial charge in [0, 0.05) is 30.0 Å². The zero-order valence-electron chi connectivity index (χ0n) is 17.0. The van der Waals surface area contributed by atoms with Gasteiger partial charge in [-0.05, 0) is 49.6 Å². The molecular formula is C23H21FN2O5. The molecule has 0 aromatic heterocycles. The van der Waals surface area contributed by atoms with E-state index in [0.717, 1.165) is 0 Å². The molecule has 0 fully saturated rings. The molecule has 8 heteroatoms. The van der Waals surface area contributed by atoms with Crippen LogP contribution in [0.5, 0.6) is 5.75 Å². The summed E-state index contributed by atoms with van der Waals surface area (Å²) in [6.45, 7) is 2.12. The van der Waals surface area contributed by atoms with Crippen molar-refractivity contribution < 1.29 is 23.6 Å². The van der Waals surface area contributed by atoms with Crippen molar-refractivity contribution in [1.82, 2.24) is 0 Å². The predicted molar refractivity (Wildman–Crippen MR) is 111 cm³/mol. The number of amides is 1. The Morgan fingerprint density at radius 2 is 1.90 bits per heavy atom. The summed E-state index contributed by atoms with van der Waals surface area (Å²) in [7, 11) is 0. The predicted octanol–water partition coefficient (Wildman–Crippen LogP) is 4.66. The molecule has 2 aromatic carbocycles. The third-order valence-electron chi connectivity index (χ3n) is 5.64. The van der Waals surface area contributed by atoms with Gasteiger partial charge in [-0.2, -0.15) is 0 Å². The molecule has 1 aliphatic heterocycles. The normalized spacial score (nSPS) is 18.8. The molecule has 1 heterocycles. The second-order valence-electron chi connectivity index (χ2n) is 7.52. The molecule has 1 aliphatic carbocycles. The lowest BCUT2D eigenvalue weighted by atomic mass is 9.77. The van der Waals surface area contributed by atoms with Gasteiger partial charge >= 0.3 is 0 Å². The molecule has 1 amide bonds. The summed E-state index contributed by atoms with van der Waals surface area (Å²) in [6.07, 6.45) is 1.34. The first-order valence-electron chi connectivity index (χ1n) is 10.2. The molecule has 0 bridgehead atoms. The molecule has 0 saturated carbocycles. The van der Waals surface area contributed by atoms with Crippen LogP contribution in [-0.2, 0) is 9.59 Å². The van der Waals surface area contributed by atoms with E-state index >= 15 is 0 Å². The Morgan fingerprint density at radius 1 is 1.16 bits per heavy atom. The maximum atomic E-state index is 13.4. The quantitative estimate of drug-likeness (QED) is 0.514. The van der Waals surface area contributed by atoms with Crippen molar-refractivity contribution in [2.75, 3.05) is 11.5 Å². The monoisotopic (exact) mass is 424 g/mol. The van der Waals surface area contributed by atoms with Gasteiger partial charge in [0.15, 0.2) is 5.78 Å². The van der Waals surface area contributed by atoms with Crippen molar-refractivity contribution in [3.8, 4) is 5.75 Å². The Labute approximate surface area is 178 Å². The van der Waals surface area contributed by atoms with Gasteiger partial charge in [0.25, 0.3) is 5.69 Å². The number of ether oxygens (including phenoxy) is 1. The standard InChI is InChI=1S/C23H21FN2O5/c1-2-31-16-10-11-18(20(12-16)26(29)30)25-19-4-3-5-21(27)23(19)17(13-22(25)28)14-6-8-15(24)9-7-14/h6-12,17H,2-5,13H2,1H3. The van der Waals surface area contributed by atoms with Crippen molar-refractivity contribution in [3.05, 3.63) is 75.2 Å². The van der Waals surface area contributed by atoms with Crippen LogP contribution in [0.3, 0.4) is 0 Å². The zero-order chi connectivity index (χ0) is 22.1. The van der Waals surface area contributed by atoms with Crippen molar-refractivity contribution in [2.45, 2.75) is 38.5 Å². The lowest BCUT2D eigenvalue weighted by molar-refractivity contribution is -0.384. The lowest BCUT2D eigenvalue weighted by Crippen LogP contribution is -2.40. The molecule has 0 saturated heterocycles. The van der Waals surface area contributed by atoms with E-state index in [9.17, 15) is 24.1 Å². The summed E-state index contributed by atoms with van der Waals surface area (Å²) in [5.41, 5.74) is 1.52. The molecule has 4 rings (SSSR count). The van der Waals surface area contributed by atoms with Crippen molar-refractivity contribution in [3.63, 3.8) is 0 Å². The number of carbonyl (C=O) groups excluding carboxylic acids is 2. The van der Waals surface area contributed by atoms with E-state index in [1.165, 1.54) is 29.2 Å². The summed E-state index contributed by atoms with van der Waals surface area (Å²) in [4.78, 5) is 38.7. The van der Waals surface area contributed by atoms with Crippen LogP contribution in [0.4, 0.5) is 15.8 Å². The molecule has 0 spiro atoms. The van der Waals surface area contributed by atoms with Crippen molar-refractivity contribution in [2.24, 2.45) is 0 Å². The van der Waals surface area contributed by atoms with Crippen LogP contribution in [0.25, 0.3) is 0 Å². The van der Waals surface area contributed by atoms with Gasteiger partial charge in [-0.3, -0.25) is 24.6 Å². The number of halogens is 1. The molecule has 1 unspecified atom stereocenters. The smallest absolute Gasteiger partial charge is 0.297 e. The number of hydrogen-bond donors (Lipinski definition) is 0. The van der Waals surface area contributed by atoms with E-state index in [2.05, 4.69) is 0 Å². The van der Waals surface area contributed by atoms with Crippen LogP contribution >= 0.6 is 0 Å². The van der Waals surface area contributed by atoms with Gasteiger partial charge in [0.2, 0.25) is 5.91 Å². The lowest BCUT2D eigenvalue weighted by Gasteiger charge is -2.38. The summed E-state index contributed by atoms with van der Waals surface area (Å²) in [6, 6.07) is 10.1. The minimum absolute atomic E-state index is 0.0272. The number of allylic oxidation sites excluding steroid dienone is 2. The van der Waals surface area contributed by atoms with Gasteiger partial charge in [-0.15, -0.1) is 0 Å². The first kappa shape index (κ1) is 20.7. The van der Waals surface area contributed by atoms with Crippen LogP contribution in [0.1, 0.15) is 44.1 Å². The topological polar surface area (TPSA) is 89.8 Å². The minimum atomic E-state index is -0.553. The molecule has 2 aliphatic rings. The molecule has 7 nitrogen and oxygen atoms in total. The first-order chi connectivity index (χ1) is 14.9. The second kappa shape index (κ2) is 8.29. The number of nitrogens with zero attached hydrogens (tertiary/aromatic N) is 2. The molecule has 2 aromatic rings. The van der Waals surface area contributed by atoms with Crippen molar-refractivity contribution in [1.29, 1.82) is 0 Å². The Balaban J connectivity index is 1.86. The summed E-state index contributed by atoms with van der Waals surface area (Å²) >= 11 is 0. The number of benzene rings is 2. The number of Topliss-reactive ketones (excluding diaryl/α,β-unsaturated/α-hetero) is 1. The highest BCUT2D eigenvalue weighted by Gasteiger charge is 2.41. The van der Waals surface area contributed by atoms with Gasteiger partial charge in [-0.25, -0.2) is 4.39 Å². The van der Waals surface area contributed by atoms with E-state index < -0.39 is 16.7 Å². The largest absolute Gasteiger partial charge is 0.494 e.